The van der Waals surface area contributed by atoms with Crippen LogP contribution in [0.15, 0.2) is 66.2 Å². The first-order chi connectivity index (χ1) is 14.5. The number of benzene rings is 2. The number of carbonyl (C=O) groups is 1. The third-order valence-corrected chi connectivity index (χ3v) is 5.80. The van der Waals surface area contributed by atoms with Gasteiger partial charge in [-0.25, -0.2) is 4.79 Å². The molecule has 8 nitrogen and oxygen atoms in total. The molecule has 0 aliphatic carbocycles. The first kappa shape index (κ1) is 19.8. The van der Waals surface area contributed by atoms with Crippen molar-refractivity contribution in [3.05, 3.63) is 72.2 Å². The van der Waals surface area contributed by atoms with Crippen LogP contribution in [0.2, 0.25) is 0 Å². The molecule has 2 aromatic carbocycles. The number of hydrogen-bond acceptors (Lipinski definition) is 7. The monoisotopic (exact) mass is 420 g/mol. The number of thioether (sulfide) groups is 1. The minimum absolute atomic E-state index is 0.180. The van der Waals surface area contributed by atoms with E-state index in [4.69, 9.17) is 4.74 Å². The van der Waals surface area contributed by atoms with E-state index in [9.17, 15) is 4.79 Å². The maximum absolute atomic E-state index is 11.8. The minimum atomic E-state index is -0.383. The van der Waals surface area contributed by atoms with Crippen LogP contribution in [0.1, 0.15) is 28.1 Å². The van der Waals surface area contributed by atoms with Crippen LogP contribution >= 0.6 is 11.8 Å². The summed E-state index contributed by atoms with van der Waals surface area (Å²) in [7, 11) is 3.29. The van der Waals surface area contributed by atoms with Gasteiger partial charge >= 0.3 is 5.97 Å². The second-order valence-corrected chi connectivity index (χ2v) is 7.98. The number of nitrogens with zero attached hydrogens (tertiary/aromatic N) is 6. The predicted octanol–water partition coefficient (Wildman–Crippen LogP) is 3.70. The molecule has 1 atom stereocenters. The van der Waals surface area contributed by atoms with E-state index in [0.717, 1.165) is 22.0 Å². The van der Waals surface area contributed by atoms with Gasteiger partial charge in [-0.2, -0.15) is 9.90 Å². The highest BCUT2D eigenvalue weighted by Crippen LogP contribution is 2.33. The highest BCUT2D eigenvalue weighted by Gasteiger charge is 2.14. The van der Waals surface area contributed by atoms with Gasteiger partial charge in [0.05, 0.1) is 24.6 Å². The molecule has 0 N–H and O–H groups in total. The molecular weight excluding hydrogens is 400 g/mol. The first-order valence-corrected chi connectivity index (χ1v) is 10.1. The molecule has 1 unspecified atom stereocenters. The standard InChI is InChI=1S/C21H20N6O2S/c1-14(30-21-24-22-13-26(21)2)15-6-5-9-18(11-15)27-23-12-19(25-27)16-7-4-8-17(10-16)20(28)29-3/h4-14H,1-3H3. The van der Waals surface area contributed by atoms with Crippen molar-refractivity contribution in [2.45, 2.75) is 17.3 Å². The molecule has 0 amide bonds. The summed E-state index contributed by atoms with van der Waals surface area (Å²) < 4.78 is 6.69. The molecule has 30 heavy (non-hydrogen) atoms. The highest BCUT2D eigenvalue weighted by atomic mass is 32.2. The van der Waals surface area contributed by atoms with Gasteiger partial charge in [0.1, 0.15) is 12.0 Å². The summed E-state index contributed by atoms with van der Waals surface area (Å²) in [6, 6.07) is 15.2. The van der Waals surface area contributed by atoms with E-state index in [1.807, 2.05) is 29.8 Å². The average Bonchev–Trinajstić information content (AvgIpc) is 3.43. The molecule has 0 aliphatic heterocycles. The number of esters is 1. The van der Waals surface area contributed by atoms with Crippen LogP contribution in [0.3, 0.4) is 0 Å². The van der Waals surface area contributed by atoms with Crippen LogP contribution in [0.4, 0.5) is 0 Å². The molecule has 0 aliphatic rings. The van der Waals surface area contributed by atoms with Gasteiger partial charge in [-0.05, 0) is 36.8 Å². The van der Waals surface area contributed by atoms with Crippen molar-refractivity contribution in [1.29, 1.82) is 0 Å². The van der Waals surface area contributed by atoms with Crippen molar-refractivity contribution in [1.82, 2.24) is 29.8 Å². The fourth-order valence-corrected chi connectivity index (χ4v) is 3.86. The SMILES string of the molecule is COC(=O)c1cccc(-c2cnn(-c3cccc(C(C)Sc4nncn4C)c3)n2)c1. The number of aromatic nitrogens is 6. The minimum Gasteiger partial charge on any atom is -0.465 e. The fraction of sp³-hybridized carbons (Fsp3) is 0.190. The largest absolute Gasteiger partial charge is 0.465 e. The molecule has 0 fully saturated rings. The smallest absolute Gasteiger partial charge is 0.337 e. The molecule has 2 aromatic heterocycles. The van der Waals surface area contributed by atoms with Crippen LogP contribution in [0, 0.1) is 0 Å². The Hall–Kier alpha value is -3.46. The van der Waals surface area contributed by atoms with Gasteiger partial charge < -0.3 is 9.30 Å². The lowest BCUT2D eigenvalue weighted by Crippen LogP contribution is -2.02. The third-order valence-electron chi connectivity index (χ3n) is 4.59. The lowest BCUT2D eigenvalue weighted by molar-refractivity contribution is 0.0601. The number of hydrogen-bond donors (Lipinski definition) is 0. The zero-order chi connectivity index (χ0) is 21.1. The zero-order valence-corrected chi connectivity index (χ0v) is 17.6. The molecule has 9 heteroatoms. The van der Waals surface area contributed by atoms with Crippen molar-refractivity contribution in [3.63, 3.8) is 0 Å². The molecule has 4 rings (SSSR count). The summed E-state index contributed by atoms with van der Waals surface area (Å²) in [5.41, 5.74) is 3.93. The van der Waals surface area contributed by atoms with Gasteiger partial charge in [0.15, 0.2) is 5.16 Å². The second kappa shape index (κ2) is 8.50. The maximum atomic E-state index is 11.8. The predicted molar refractivity (Wildman–Crippen MR) is 113 cm³/mol. The number of ether oxygens (including phenoxy) is 1. The molecule has 2 heterocycles. The van der Waals surface area contributed by atoms with Crippen LogP contribution < -0.4 is 0 Å². The van der Waals surface area contributed by atoms with E-state index in [2.05, 4.69) is 39.5 Å². The number of rotatable bonds is 6. The van der Waals surface area contributed by atoms with Crippen molar-refractivity contribution in [2.75, 3.05) is 7.11 Å². The number of aryl methyl sites for hydroxylation is 1. The summed E-state index contributed by atoms with van der Waals surface area (Å²) in [6.45, 7) is 2.12. The van der Waals surface area contributed by atoms with Gasteiger partial charge in [0.25, 0.3) is 0 Å². The summed E-state index contributed by atoms with van der Waals surface area (Å²) >= 11 is 1.64. The Bertz CT molecular complexity index is 1190. The van der Waals surface area contributed by atoms with Crippen LogP contribution in [-0.4, -0.2) is 42.8 Å². The van der Waals surface area contributed by atoms with E-state index in [1.54, 1.807) is 47.3 Å². The van der Waals surface area contributed by atoms with E-state index >= 15 is 0 Å². The van der Waals surface area contributed by atoms with Crippen molar-refractivity contribution >= 4 is 17.7 Å². The topological polar surface area (TPSA) is 87.7 Å². The molecule has 4 aromatic rings. The third kappa shape index (κ3) is 4.11. The number of methoxy groups -OCH3 is 1. The van der Waals surface area contributed by atoms with E-state index in [0.29, 0.717) is 11.3 Å². The zero-order valence-electron chi connectivity index (χ0n) is 16.8. The lowest BCUT2D eigenvalue weighted by Gasteiger charge is -2.12. The van der Waals surface area contributed by atoms with Crippen LogP contribution in [0.5, 0.6) is 0 Å². The lowest BCUT2D eigenvalue weighted by atomic mass is 10.1. The van der Waals surface area contributed by atoms with Crippen molar-refractivity contribution in [3.8, 4) is 16.9 Å². The summed E-state index contributed by atoms with van der Waals surface area (Å²) in [5, 5.41) is 18.1. The molecule has 0 saturated carbocycles. The molecule has 0 radical (unpaired) electrons. The van der Waals surface area contributed by atoms with Gasteiger partial charge in [-0.3, -0.25) is 0 Å². The van der Waals surface area contributed by atoms with Crippen molar-refractivity contribution in [2.24, 2.45) is 7.05 Å². The van der Waals surface area contributed by atoms with E-state index in [-0.39, 0.29) is 11.2 Å². The van der Waals surface area contributed by atoms with Gasteiger partial charge in [-0.15, -0.1) is 15.3 Å². The Balaban J connectivity index is 1.57. The van der Waals surface area contributed by atoms with Gasteiger partial charge in [0.2, 0.25) is 0 Å². The highest BCUT2D eigenvalue weighted by molar-refractivity contribution is 7.99. The van der Waals surface area contributed by atoms with E-state index in [1.165, 1.54) is 7.11 Å². The number of carbonyl (C=O) groups excluding carboxylic acids is 1. The Kier molecular flexibility index (Phi) is 5.62. The molecule has 0 spiro atoms. The average molecular weight is 420 g/mol. The Morgan fingerprint density at radius 2 is 2.00 bits per heavy atom. The van der Waals surface area contributed by atoms with Gasteiger partial charge in [-0.1, -0.05) is 36.0 Å². The van der Waals surface area contributed by atoms with Gasteiger partial charge in [0, 0.05) is 17.9 Å². The summed E-state index contributed by atoms with van der Waals surface area (Å²) in [5.74, 6) is -0.383. The maximum Gasteiger partial charge on any atom is 0.337 e. The normalized spacial score (nSPS) is 12.0. The molecule has 0 saturated heterocycles. The molecule has 152 valence electrons. The van der Waals surface area contributed by atoms with Crippen LogP contribution in [0.25, 0.3) is 16.9 Å². The van der Waals surface area contributed by atoms with Crippen molar-refractivity contribution < 1.29 is 9.53 Å². The quantitative estimate of drug-likeness (QED) is 0.347. The van der Waals surface area contributed by atoms with E-state index < -0.39 is 0 Å². The summed E-state index contributed by atoms with van der Waals surface area (Å²) in [4.78, 5) is 13.4. The van der Waals surface area contributed by atoms with Crippen LogP contribution in [-0.2, 0) is 11.8 Å². The molecule has 0 bridgehead atoms. The molecular formula is C21H20N6O2S. The Morgan fingerprint density at radius 3 is 2.77 bits per heavy atom. The second-order valence-electron chi connectivity index (χ2n) is 6.67. The fourth-order valence-electron chi connectivity index (χ4n) is 2.95. The Labute approximate surface area is 177 Å². The first-order valence-electron chi connectivity index (χ1n) is 9.27. The summed E-state index contributed by atoms with van der Waals surface area (Å²) in [6.07, 6.45) is 3.37. The Morgan fingerprint density at radius 1 is 1.17 bits per heavy atom.